The summed E-state index contributed by atoms with van der Waals surface area (Å²) in [6.07, 6.45) is 2.44. The van der Waals surface area contributed by atoms with Crippen LogP contribution < -0.4 is 5.73 Å². The monoisotopic (exact) mass is 250 g/mol. The summed E-state index contributed by atoms with van der Waals surface area (Å²) in [6.45, 7) is 0.586. The van der Waals surface area contributed by atoms with Crippen LogP contribution >= 0.6 is 11.6 Å². The van der Waals surface area contributed by atoms with Crippen LogP contribution in [0.3, 0.4) is 0 Å². The number of aryl methyl sites for hydroxylation is 2. The van der Waals surface area contributed by atoms with Crippen molar-refractivity contribution in [3.8, 4) is 0 Å². The van der Waals surface area contributed by atoms with Gasteiger partial charge in [0.15, 0.2) is 5.82 Å². The van der Waals surface area contributed by atoms with E-state index in [-0.39, 0.29) is 0 Å². The second-order valence-electron chi connectivity index (χ2n) is 3.87. The van der Waals surface area contributed by atoms with Gasteiger partial charge in [0.1, 0.15) is 5.82 Å². The number of aromatic nitrogens is 3. The van der Waals surface area contributed by atoms with Gasteiger partial charge < -0.3 is 5.73 Å². The van der Waals surface area contributed by atoms with Crippen molar-refractivity contribution in [2.45, 2.75) is 19.3 Å². The molecule has 1 heterocycles. The molecule has 0 radical (unpaired) electrons. The minimum Gasteiger partial charge on any atom is -0.330 e. The van der Waals surface area contributed by atoms with Gasteiger partial charge in [-0.15, -0.1) is 0 Å². The number of nitrogens with zero attached hydrogens (tertiary/aromatic N) is 2. The summed E-state index contributed by atoms with van der Waals surface area (Å²) >= 11 is 5.92. The van der Waals surface area contributed by atoms with Crippen LogP contribution in [-0.2, 0) is 19.3 Å². The summed E-state index contributed by atoms with van der Waals surface area (Å²) in [5, 5.41) is 7.80. The Kier molecular flexibility index (Phi) is 4.12. The van der Waals surface area contributed by atoms with Gasteiger partial charge in [-0.1, -0.05) is 23.7 Å². The highest BCUT2D eigenvalue weighted by Gasteiger charge is 2.03. The lowest BCUT2D eigenvalue weighted by molar-refractivity contribution is 0.864. The molecule has 3 N–H and O–H groups in total. The van der Waals surface area contributed by atoms with Crippen LogP contribution in [0.25, 0.3) is 0 Å². The van der Waals surface area contributed by atoms with Crippen molar-refractivity contribution in [2.24, 2.45) is 5.73 Å². The number of halogens is 1. The largest absolute Gasteiger partial charge is 0.330 e. The molecule has 0 aliphatic carbocycles. The van der Waals surface area contributed by atoms with E-state index >= 15 is 0 Å². The number of hydrogen-bond donors (Lipinski definition) is 2. The number of benzene rings is 1. The molecule has 0 aliphatic heterocycles. The summed E-state index contributed by atoms with van der Waals surface area (Å²) in [6, 6.07) is 7.85. The van der Waals surface area contributed by atoms with Crippen molar-refractivity contribution < 1.29 is 0 Å². The quantitative estimate of drug-likeness (QED) is 0.850. The van der Waals surface area contributed by atoms with Crippen molar-refractivity contribution in [1.29, 1.82) is 0 Å². The molecule has 0 unspecified atom stereocenters. The number of aromatic amines is 1. The lowest BCUT2D eigenvalue weighted by Gasteiger charge is -1.98. The normalized spacial score (nSPS) is 10.7. The molecule has 0 amide bonds. The standard InChI is InChI=1S/C12H15ClN4/c13-10-3-1-2-9(8-10)4-5-11-15-12(6-7-14)17-16-11/h1-3,8H,4-7,14H2,(H,15,16,17). The molecule has 0 fully saturated rings. The molecule has 17 heavy (non-hydrogen) atoms. The Labute approximate surface area is 105 Å². The van der Waals surface area contributed by atoms with E-state index in [9.17, 15) is 0 Å². The Balaban J connectivity index is 1.93. The predicted octanol–water partition coefficient (Wildman–Crippen LogP) is 1.74. The zero-order valence-corrected chi connectivity index (χ0v) is 10.2. The fourth-order valence-electron chi connectivity index (χ4n) is 1.64. The Morgan fingerprint density at radius 1 is 1.24 bits per heavy atom. The van der Waals surface area contributed by atoms with Crippen LogP contribution in [0.4, 0.5) is 0 Å². The second-order valence-corrected chi connectivity index (χ2v) is 4.30. The van der Waals surface area contributed by atoms with Gasteiger partial charge >= 0.3 is 0 Å². The first-order valence-corrected chi connectivity index (χ1v) is 6.00. The van der Waals surface area contributed by atoms with E-state index in [1.54, 1.807) is 0 Å². The van der Waals surface area contributed by atoms with Gasteiger partial charge in [0.25, 0.3) is 0 Å². The molecule has 1 aromatic carbocycles. The number of nitrogens with one attached hydrogen (secondary N) is 1. The van der Waals surface area contributed by atoms with Crippen molar-refractivity contribution in [3.05, 3.63) is 46.5 Å². The van der Waals surface area contributed by atoms with Crippen molar-refractivity contribution in [1.82, 2.24) is 15.2 Å². The maximum Gasteiger partial charge on any atom is 0.151 e. The fraction of sp³-hybridized carbons (Fsp3) is 0.333. The predicted molar refractivity (Wildman–Crippen MR) is 68.0 cm³/mol. The van der Waals surface area contributed by atoms with Gasteiger partial charge in [-0.3, -0.25) is 5.10 Å². The molecule has 1 aromatic heterocycles. The zero-order valence-electron chi connectivity index (χ0n) is 9.49. The molecule has 0 saturated heterocycles. The average molecular weight is 251 g/mol. The fourth-order valence-corrected chi connectivity index (χ4v) is 1.86. The third kappa shape index (κ3) is 3.54. The summed E-state index contributed by atoms with van der Waals surface area (Å²) in [5.41, 5.74) is 6.65. The number of hydrogen-bond acceptors (Lipinski definition) is 3. The first kappa shape index (κ1) is 12.1. The van der Waals surface area contributed by atoms with Crippen LogP contribution in [-0.4, -0.2) is 21.7 Å². The maximum absolute atomic E-state index is 5.92. The molecule has 0 atom stereocenters. The van der Waals surface area contributed by atoms with E-state index < -0.39 is 0 Å². The van der Waals surface area contributed by atoms with Crippen molar-refractivity contribution in [2.75, 3.05) is 6.54 Å². The topological polar surface area (TPSA) is 67.6 Å². The molecule has 90 valence electrons. The third-order valence-electron chi connectivity index (χ3n) is 2.49. The highest BCUT2D eigenvalue weighted by atomic mass is 35.5. The molecule has 0 bridgehead atoms. The van der Waals surface area contributed by atoms with Gasteiger partial charge in [0, 0.05) is 17.9 Å². The van der Waals surface area contributed by atoms with Crippen LogP contribution in [0, 0.1) is 0 Å². The molecular weight excluding hydrogens is 236 g/mol. The average Bonchev–Trinajstić information content (AvgIpc) is 2.75. The van der Waals surface area contributed by atoms with Crippen LogP contribution in [0.2, 0.25) is 5.02 Å². The molecule has 2 aromatic rings. The third-order valence-corrected chi connectivity index (χ3v) is 2.72. The lowest BCUT2D eigenvalue weighted by atomic mass is 10.1. The highest BCUT2D eigenvalue weighted by Crippen LogP contribution is 2.12. The van der Waals surface area contributed by atoms with Gasteiger partial charge in [-0.2, -0.15) is 5.10 Å². The molecule has 2 rings (SSSR count). The van der Waals surface area contributed by atoms with Crippen molar-refractivity contribution in [3.63, 3.8) is 0 Å². The molecule has 4 nitrogen and oxygen atoms in total. The summed E-state index contributed by atoms with van der Waals surface area (Å²) in [4.78, 5) is 4.36. The first-order valence-electron chi connectivity index (χ1n) is 5.62. The van der Waals surface area contributed by atoms with Gasteiger partial charge in [-0.05, 0) is 30.7 Å². The Bertz CT molecular complexity index is 481. The molecule has 5 heteroatoms. The van der Waals surface area contributed by atoms with E-state index in [4.69, 9.17) is 17.3 Å². The van der Waals surface area contributed by atoms with Gasteiger partial charge in [-0.25, -0.2) is 4.98 Å². The van der Waals surface area contributed by atoms with E-state index in [1.807, 2.05) is 18.2 Å². The number of H-pyrrole nitrogens is 1. The maximum atomic E-state index is 5.92. The van der Waals surface area contributed by atoms with Crippen LogP contribution in [0.15, 0.2) is 24.3 Å². The van der Waals surface area contributed by atoms with E-state index in [2.05, 4.69) is 21.2 Å². The molecule has 0 spiro atoms. The summed E-state index contributed by atoms with van der Waals surface area (Å²) in [5.74, 6) is 1.68. The van der Waals surface area contributed by atoms with Gasteiger partial charge in [0.05, 0.1) is 0 Å². The molecular formula is C12H15ClN4. The van der Waals surface area contributed by atoms with Crippen LogP contribution in [0.5, 0.6) is 0 Å². The lowest BCUT2D eigenvalue weighted by Crippen LogP contribution is -2.04. The summed E-state index contributed by atoms with van der Waals surface area (Å²) in [7, 11) is 0. The molecule has 0 saturated carbocycles. The van der Waals surface area contributed by atoms with E-state index in [1.165, 1.54) is 5.56 Å². The highest BCUT2D eigenvalue weighted by molar-refractivity contribution is 6.30. The number of nitrogens with two attached hydrogens (primary N) is 1. The zero-order chi connectivity index (χ0) is 12.1. The molecule has 0 aliphatic rings. The Morgan fingerprint density at radius 2 is 2.12 bits per heavy atom. The Hall–Kier alpha value is -1.39. The van der Waals surface area contributed by atoms with E-state index in [0.29, 0.717) is 6.54 Å². The van der Waals surface area contributed by atoms with Crippen LogP contribution in [0.1, 0.15) is 17.2 Å². The number of rotatable bonds is 5. The second kappa shape index (κ2) is 5.80. The Morgan fingerprint density at radius 3 is 2.88 bits per heavy atom. The minimum absolute atomic E-state index is 0.586. The van der Waals surface area contributed by atoms with Crippen molar-refractivity contribution >= 4 is 11.6 Å². The summed E-state index contributed by atoms with van der Waals surface area (Å²) < 4.78 is 0. The smallest absolute Gasteiger partial charge is 0.151 e. The van der Waals surface area contributed by atoms with E-state index in [0.717, 1.165) is 35.9 Å². The van der Waals surface area contributed by atoms with Gasteiger partial charge in [0.2, 0.25) is 0 Å². The first-order chi connectivity index (χ1) is 8.28. The SMILES string of the molecule is NCCc1nc(CCc2cccc(Cl)c2)n[nH]1. The minimum atomic E-state index is 0.586.